The lowest BCUT2D eigenvalue weighted by Gasteiger charge is -2.25. The zero-order valence-electron chi connectivity index (χ0n) is 15.3. The molecule has 150 valence electrons. The Morgan fingerprint density at radius 3 is 1.83 bits per heavy atom. The number of halogens is 5. The quantitative estimate of drug-likeness (QED) is 0.332. The van der Waals surface area contributed by atoms with Crippen LogP contribution < -0.4 is 4.74 Å². The summed E-state index contributed by atoms with van der Waals surface area (Å²) in [6.45, 7) is -0.516. The van der Waals surface area contributed by atoms with E-state index in [0.29, 0.717) is 29.2 Å². The smallest absolute Gasteiger partial charge is 0.194 e. The maximum absolute atomic E-state index is 14.4. The SMILES string of the molecule is Fc1cc(COc2c(F)cc(-c3ccc(C4CCC4)cc3)cc2F)cc(F)c1F. The van der Waals surface area contributed by atoms with E-state index in [1.165, 1.54) is 12.0 Å². The van der Waals surface area contributed by atoms with Crippen molar-refractivity contribution in [2.24, 2.45) is 0 Å². The van der Waals surface area contributed by atoms with Crippen LogP contribution in [0.3, 0.4) is 0 Å². The van der Waals surface area contributed by atoms with Gasteiger partial charge in [-0.1, -0.05) is 30.7 Å². The first-order valence-electron chi connectivity index (χ1n) is 9.28. The van der Waals surface area contributed by atoms with Gasteiger partial charge in [-0.05, 0) is 65.3 Å². The van der Waals surface area contributed by atoms with E-state index in [-0.39, 0.29) is 5.56 Å². The molecule has 1 aliphatic carbocycles. The molecule has 0 aliphatic heterocycles. The first-order valence-corrected chi connectivity index (χ1v) is 9.28. The lowest BCUT2D eigenvalue weighted by atomic mass is 9.80. The zero-order chi connectivity index (χ0) is 20.5. The van der Waals surface area contributed by atoms with E-state index >= 15 is 0 Å². The van der Waals surface area contributed by atoms with Crippen LogP contribution in [-0.4, -0.2) is 0 Å². The summed E-state index contributed by atoms with van der Waals surface area (Å²) in [5, 5.41) is 0. The summed E-state index contributed by atoms with van der Waals surface area (Å²) < 4.78 is 73.4. The van der Waals surface area contributed by atoms with Crippen molar-refractivity contribution >= 4 is 0 Å². The molecule has 6 heteroatoms. The first kappa shape index (κ1) is 19.4. The van der Waals surface area contributed by atoms with Gasteiger partial charge in [-0.3, -0.25) is 0 Å². The molecule has 0 unspecified atom stereocenters. The van der Waals surface area contributed by atoms with Gasteiger partial charge in [0.15, 0.2) is 34.8 Å². The van der Waals surface area contributed by atoms with Gasteiger partial charge < -0.3 is 4.74 Å². The van der Waals surface area contributed by atoms with Crippen LogP contribution in [0.25, 0.3) is 11.1 Å². The van der Waals surface area contributed by atoms with Crippen molar-refractivity contribution in [2.45, 2.75) is 31.8 Å². The van der Waals surface area contributed by atoms with Crippen molar-refractivity contribution in [2.75, 3.05) is 0 Å². The molecule has 3 aromatic carbocycles. The molecule has 0 N–H and O–H groups in total. The van der Waals surface area contributed by atoms with Crippen LogP contribution in [0.1, 0.15) is 36.3 Å². The van der Waals surface area contributed by atoms with Crippen LogP contribution in [0.2, 0.25) is 0 Å². The normalized spacial score (nSPS) is 14.0. The van der Waals surface area contributed by atoms with Gasteiger partial charge in [-0.25, -0.2) is 22.0 Å². The fourth-order valence-electron chi connectivity index (χ4n) is 3.40. The van der Waals surface area contributed by atoms with E-state index in [9.17, 15) is 22.0 Å². The molecule has 3 aromatic rings. The number of benzene rings is 3. The van der Waals surface area contributed by atoms with Crippen LogP contribution in [-0.2, 0) is 6.61 Å². The molecule has 1 aliphatic rings. The highest BCUT2D eigenvalue weighted by Crippen LogP contribution is 2.37. The molecular weight excluding hydrogens is 387 g/mol. The second kappa shape index (κ2) is 7.85. The summed E-state index contributed by atoms with van der Waals surface area (Å²) >= 11 is 0. The van der Waals surface area contributed by atoms with E-state index in [2.05, 4.69) is 0 Å². The first-order chi connectivity index (χ1) is 13.9. The summed E-state index contributed by atoms with van der Waals surface area (Å²) in [7, 11) is 0. The van der Waals surface area contributed by atoms with Crippen molar-refractivity contribution in [3.63, 3.8) is 0 Å². The predicted molar refractivity (Wildman–Crippen MR) is 99.0 cm³/mol. The van der Waals surface area contributed by atoms with Gasteiger partial charge in [0.1, 0.15) is 6.61 Å². The minimum absolute atomic E-state index is 0.0872. The molecule has 0 heterocycles. The highest BCUT2D eigenvalue weighted by atomic mass is 19.2. The third-order valence-electron chi connectivity index (χ3n) is 5.25. The van der Waals surface area contributed by atoms with Gasteiger partial charge in [0.2, 0.25) is 0 Å². The van der Waals surface area contributed by atoms with Crippen LogP contribution in [0.4, 0.5) is 22.0 Å². The van der Waals surface area contributed by atoms with E-state index < -0.39 is 41.4 Å². The summed E-state index contributed by atoms with van der Waals surface area (Å²) in [5.41, 5.74) is 2.15. The molecule has 1 nitrogen and oxygen atoms in total. The van der Waals surface area contributed by atoms with E-state index in [4.69, 9.17) is 4.74 Å². The number of ether oxygens (including phenoxy) is 1. The summed E-state index contributed by atoms with van der Waals surface area (Å²) in [6.07, 6.45) is 3.55. The monoisotopic (exact) mass is 404 g/mol. The molecule has 4 rings (SSSR count). The van der Waals surface area contributed by atoms with Gasteiger partial charge in [0.05, 0.1) is 0 Å². The highest BCUT2D eigenvalue weighted by Gasteiger charge is 2.20. The van der Waals surface area contributed by atoms with Crippen LogP contribution in [0.15, 0.2) is 48.5 Å². The van der Waals surface area contributed by atoms with Crippen molar-refractivity contribution in [3.8, 4) is 16.9 Å². The Kier molecular flexibility index (Phi) is 5.26. The maximum Gasteiger partial charge on any atom is 0.194 e. The van der Waals surface area contributed by atoms with Crippen molar-refractivity contribution in [3.05, 3.63) is 88.7 Å². The van der Waals surface area contributed by atoms with E-state index in [0.717, 1.165) is 25.0 Å². The third kappa shape index (κ3) is 3.97. The Hall–Kier alpha value is -2.89. The molecule has 1 saturated carbocycles. The Morgan fingerprint density at radius 2 is 1.31 bits per heavy atom. The van der Waals surface area contributed by atoms with Gasteiger partial charge in [0, 0.05) is 0 Å². The van der Waals surface area contributed by atoms with Gasteiger partial charge in [0.25, 0.3) is 0 Å². The Morgan fingerprint density at radius 1 is 0.724 bits per heavy atom. The predicted octanol–water partition coefficient (Wildman–Crippen LogP) is 6.90. The Labute approximate surface area is 164 Å². The second-order valence-corrected chi connectivity index (χ2v) is 7.18. The zero-order valence-corrected chi connectivity index (χ0v) is 15.3. The molecule has 0 amide bonds. The maximum atomic E-state index is 14.4. The number of hydrogen-bond acceptors (Lipinski definition) is 1. The van der Waals surface area contributed by atoms with Gasteiger partial charge >= 0.3 is 0 Å². The molecule has 0 aromatic heterocycles. The molecule has 0 spiro atoms. The fraction of sp³-hybridized carbons (Fsp3) is 0.217. The third-order valence-corrected chi connectivity index (χ3v) is 5.25. The van der Waals surface area contributed by atoms with E-state index in [1.807, 2.05) is 24.3 Å². The Bertz CT molecular complexity index is 996. The lowest BCUT2D eigenvalue weighted by Crippen LogP contribution is -2.08. The summed E-state index contributed by atoms with van der Waals surface area (Å²) in [4.78, 5) is 0. The summed E-state index contributed by atoms with van der Waals surface area (Å²) in [6, 6.07) is 11.3. The highest BCUT2D eigenvalue weighted by molar-refractivity contribution is 5.65. The largest absolute Gasteiger partial charge is 0.483 e. The van der Waals surface area contributed by atoms with Crippen molar-refractivity contribution < 1.29 is 26.7 Å². The van der Waals surface area contributed by atoms with Crippen molar-refractivity contribution in [1.82, 2.24) is 0 Å². The second-order valence-electron chi connectivity index (χ2n) is 7.18. The molecular formula is C23H17F5O. The fourth-order valence-corrected chi connectivity index (χ4v) is 3.40. The minimum atomic E-state index is -1.61. The Balaban J connectivity index is 1.52. The number of rotatable bonds is 5. The molecule has 0 radical (unpaired) electrons. The van der Waals surface area contributed by atoms with Gasteiger partial charge in [-0.15, -0.1) is 0 Å². The summed E-state index contributed by atoms with van der Waals surface area (Å²) in [5.74, 6) is -6.38. The topological polar surface area (TPSA) is 9.23 Å². The molecule has 0 atom stereocenters. The van der Waals surface area contributed by atoms with Crippen LogP contribution >= 0.6 is 0 Å². The molecule has 1 fully saturated rings. The molecule has 0 saturated heterocycles. The van der Waals surface area contributed by atoms with Gasteiger partial charge in [-0.2, -0.15) is 0 Å². The average molecular weight is 404 g/mol. The molecule has 29 heavy (non-hydrogen) atoms. The van der Waals surface area contributed by atoms with Crippen molar-refractivity contribution in [1.29, 1.82) is 0 Å². The average Bonchev–Trinajstić information content (AvgIpc) is 2.64. The number of hydrogen-bond donors (Lipinski definition) is 0. The van der Waals surface area contributed by atoms with Crippen LogP contribution in [0.5, 0.6) is 5.75 Å². The lowest BCUT2D eigenvalue weighted by molar-refractivity contribution is 0.272. The molecule has 0 bridgehead atoms. The standard InChI is InChI=1S/C23H17F5O/c24-18-8-13(9-19(25)22(18)28)12-29-23-20(26)10-17(11-21(23)27)16-6-4-15(5-7-16)14-2-1-3-14/h4-11,14H,1-3,12H2. The minimum Gasteiger partial charge on any atom is -0.483 e. The van der Waals surface area contributed by atoms with E-state index in [1.54, 1.807) is 0 Å². The van der Waals surface area contributed by atoms with Crippen LogP contribution in [0, 0.1) is 29.1 Å².